The van der Waals surface area contributed by atoms with Gasteiger partial charge in [0.2, 0.25) is 0 Å². The van der Waals surface area contributed by atoms with Crippen molar-refractivity contribution in [2.75, 3.05) is 6.54 Å². The highest BCUT2D eigenvalue weighted by atomic mass is 79.9. The molecule has 1 atom stereocenters. The zero-order chi connectivity index (χ0) is 9.26. The summed E-state index contributed by atoms with van der Waals surface area (Å²) in [6, 6.07) is 4.56. The molecular formula is C9H10BrClFNO. The average Bonchev–Trinajstić information content (AvgIpc) is 2.25. The van der Waals surface area contributed by atoms with Gasteiger partial charge < -0.3 is 10.1 Å². The summed E-state index contributed by atoms with van der Waals surface area (Å²) in [5.41, 5.74) is 0.863. The van der Waals surface area contributed by atoms with Gasteiger partial charge in [-0.1, -0.05) is 0 Å². The Morgan fingerprint density at radius 1 is 1.50 bits per heavy atom. The number of nitrogens with one attached hydrogen (secondary N) is 1. The first kappa shape index (κ1) is 11.8. The molecule has 1 N–H and O–H groups in total. The van der Waals surface area contributed by atoms with Crippen molar-refractivity contribution in [2.24, 2.45) is 0 Å². The smallest absolute Gasteiger partial charge is 0.165 e. The minimum atomic E-state index is -0.225. The summed E-state index contributed by atoms with van der Waals surface area (Å²) in [6.07, 6.45) is 0. The van der Waals surface area contributed by atoms with Crippen molar-refractivity contribution in [3.8, 4) is 5.75 Å². The highest BCUT2D eigenvalue weighted by Gasteiger charge is 2.14. The second-order valence-electron chi connectivity index (χ2n) is 2.91. The molecule has 78 valence electrons. The molecule has 14 heavy (non-hydrogen) atoms. The van der Waals surface area contributed by atoms with Crippen LogP contribution < -0.4 is 10.1 Å². The molecule has 5 heteroatoms. The molecule has 1 aliphatic rings. The normalized spacial score (nSPS) is 20.0. The van der Waals surface area contributed by atoms with Crippen LogP contribution in [0.25, 0.3) is 0 Å². The number of fused-ring (bicyclic) bond motifs is 1. The largest absolute Gasteiger partial charge is 0.478 e. The highest BCUT2D eigenvalue weighted by Crippen LogP contribution is 2.24. The predicted octanol–water partition coefficient (Wildman–Crippen LogP) is 2.45. The summed E-state index contributed by atoms with van der Waals surface area (Å²) in [7, 11) is 0. The lowest BCUT2D eigenvalue weighted by Gasteiger charge is -2.09. The van der Waals surface area contributed by atoms with Gasteiger partial charge in [-0.25, -0.2) is 4.39 Å². The first-order valence-electron chi connectivity index (χ1n) is 4.05. The lowest BCUT2D eigenvalue weighted by molar-refractivity contribution is 0.298. The number of rotatable bonds is 0. The van der Waals surface area contributed by atoms with E-state index < -0.39 is 0 Å². The van der Waals surface area contributed by atoms with Crippen molar-refractivity contribution in [3.63, 3.8) is 0 Å². The maximum Gasteiger partial charge on any atom is 0.165 e. The summed E-state index contributed by atoms with van der Waals surface area (Å²) < 4.78 is 18.3. The maximum atomic E-state index is 12.8. The van der Waals surface area contributed by atoms with Crippen LogP contribution in [0.1, 0.15) is 5.56 Å². The molecule has 2 nitrogen and oxygen atoms in total. The van der Waals surface area contributed by atoms with E-state index in [9.17, 15) is 4.39 Å². The van der Waals surface area contributed by atoms with E-state index in [0.717, 1.165) is 17.9 Å². The Morgan fingerprint density at radius 3 is 3.07 bits per heavy atom. The third-order valence-electron chi connectivity index (χ3n) is 1.90. The first-order chi connectivity index (χ1) is 6.25. The Morgan fingerprint density at radius 2 is 2.29 bits per heavy atom. The van der Waals surface area contributed by atoms with Crippen molar-refractivity contribution < 1.29 is 9.13 Å². The number of ether oxygens (including phenoxy) is 1. The quantitative estimate of drug-likeness (QED) is 0.738. The van der Waals surface area contributed by atoms with E-state index in [2.05, 4.69) is 21.2 Å². The zero-order valence-electron chi connectivity index (χ0n) is 7.30. The maximum absolute atomic E-state index is 12.8. The van der Waals surface area contributed by atoms with E-state index in [0.29, 0.717) is 6.54 Å². The molecule has 1 unspecified atom stereocenters. The van der Waals surface area contributed by atoms with Crippen LogP contribution in [0.2, 0.25) is 0 Å². The molecule has 0 fully saturated rings. The monoisotopic (exact) mass is 281 g/mol. The summed E-state index contributed by atoms with van der Waals surface area (Å²) in [5, 5.41) is 3.10. The molecule has 0 saturated carbocycles. The van der Waals surface area contributed by atoms with E-state index >= 15 is 0 Å². The summed E-state index contributed by atoms with van der Waals surface area (Å²) in [4.78, 5) is 0. The molecular weight excluding hydrogens is 272 g/mol. The van der Waals surface area contributed by atoms with Gasteiger partial charge in [-0.05, 0) is 34.1 Å². The van der Waals surface area contributed by atoms with E-state index in [4.69, 9.17) is 4.74 Å². The van der Waals surface area contributed by atoms with Crippen molar-refractivity contribution in [2.45, 2.75) is 11.6 Å². The molecule has 0 spiro atoms. The van der Waals surface area contributed by atoms with Crippen LogP contribution in [0.5, 0.6) is 5.75 Å². The molecule has 1 aromatic carbocycles. The number of hydrogen-bond acceptors (Lipinski definition) is 2. The number of halogens is 3. The summed E-state index contributed by atoms with van der Waals surface area (Å²) in [5.74, 6) is 0.519. The van der Waals surface area contributed by atoms with Gasteiger partial charge in [-0.2, -0.15) is 0 Å². The zero-order valence-corrected chi connectivity index (χ0v) is 9.70. The third kappa shape index (κ3) is 2.59. The van der Waals surface area contributed by atoms with Gasteiger partial charge in [-0.3, -0.25) is 0 Å². The molecule has 0 amide bonds. The van der Waals surface area contributed by atoms with E-state index in [1.54, 1.807) is 6.07 Å². The standard InChI is InChI=1S/C9H9BrFNO.ClH/c10-9-5-12-4-6-3-7(11)1-2-8(6)13-9;/h1-3,9,12H,4-5H2;1H. The molecule has 2 rings (SSSR count). The topological polar surface area (TPSA) is 21.3 Å². The fourth-order valence-corrected chi connectivity index (χ4v) is 1.73. The van der Waals surface area contributed by atoms with Gasteiger partial charge in [0.15, 0.2) is 5.01 Å². The van der Waals surface area contributed by atoms with Crippen LogP contribution in [0.15, 0.2) is 18.2 Å². The molecule has 1 aromatic rings. The predicted molar refractivity (Wildman–Crippen MR) is 58.7 cm³/mol. The molecule has 1 heterocycles. The highest BCUT2D eigenvalue weighted by molar-refractivity contribution is 9.09. The van der Waals surface area contributed by atoms with Gasteiger partial charge in [-0.15, -0.1) is 12.4 Å². The number of benzene rings is 1. The molecule has 1 aliphatic heterocycles. The first-order valence-corrected chi connectivity index (χ1v) is 4.97. The second-order valence-corrected chi connectivity index (χ2v) is 3.93. The van der Waals surface area contributed by atoms with E-state index in [1.807, 2.05) is 0 Å². The van der Waals surface area contributed by atoms with Gasteiger partial charge in [0.25, 0.3) is 0 Å². The Bertz CT molecular complexity index is 324. The van der Waals surface area contributed by atoms with Crippen molar-refractivity contribution in [1.29, 1.82) is 0 Å². The van der Waals surface area contributed by atoms with Crippen molar-refractivity contribution in [3.05, 3.63) is 29.6 Å². The minimum absolute atomic E-state index is 0. The second kappa shape index (κ2) is 4.96. The molecule has 0 bridgehead atoms. The fourth-order valence-electron chi connectivity index (χ4n) is 1.30. The molecule has 0 radical (unpaired) electrons. The Balaban J connectivity index is 0.000000980. The van der Waals surface area contributed by atoms with Crippen LogP contribution in [0.4, 0.5) is 4.39 Å². The Hall–Kier alpha value is -0.320. The lowest BCUT2D eigenvalue weighted by Crippen LogP contribution is -2.22. The van der Waals surface area contributed by atoms with Crippen LogP contribution in [-0.2, 0) is 6.54 Å². The van der Waals surface area contributed by atoms with Gasteiger partial charge in [0.1, 0.15) is 11.6 Å². The van der Waals surface area contributed by atoms with E-state index in [-0.39, 0.29) is 23.2 Å². The Labute approximate surface area is 96.4 Å². The van der Waals surface area contributed by atoms with Gasteiger partial charge in [0.05, 0.1) is 0 Å². The molecule has 0 aromatic heterocycles. The van der Waals surface area contributed by atoms with Crippen LogP contribution in [0.3, 0.4) is 0 Å². The van der Waals surface area contributed by atoms with Gasteiger partial charge in [0, 0.05) is 18.7 Å². The number of hydrogen-bond donors (Lipinski definition) is 1. The van der Waals surface area contributed by atoms with Crippen molar-refractivity contribution in [1.82, 2.24) is 5.32 Å². The van der Waals surface area contributed by atoms with Crippen LogP contribution >= 0.6 is 28.3 Å². The van der Waals surface area contributed by atoms with Crippen LogP contribution in [-0.4, -0.2) is 11.6 Å². The SMILES string of the molecule is Cl.Fc1ccc2c(c1)CNCC(Br)O2. The lowest BCUT2D eigenvalue weighted by atomic mass is 10.2. The Kier molecular flexibility index (Phi) is 4.16. The summed E-state index contributed by atoms with van der Waals surface area (Å²) >= 11 is 3.35. The molecule has 0 aliphatic carbocycles. The minimum Gasteiger partial charge on any atom is -0.478 e. The molecule has 0 saturated heterocycles. The third-order valence-corrected chi connectivity index (χ3v) is 2.41. The summed E-state index contributed by atoms with van der Waals surface area (Å²) in [6.45, 7) is 1.37. The average molecular weight is 283 g/mol. The van der Waals surface area contributed by atoms with E-state index in [1.165, 1.54) is 12.1 Å². The van der Waals surface area contributed by atoms with Crippen LogP contribution in [0, 0.1) is 5.82 Å². The van der Waals surface area contributed by atoms with Gasteiger partial charge >= 0.3 is 0 Å². The fraction of sp³-hybridized carbons (Fsp3) is 0.333. The number of alkyl halides is 1. The van der Waals surface area contributed by atoms with Crippen molar-refractivity contribution >= 4 is 28.3 Å².